The van der Waals surface area contributed by atoms with E-state index in [-0.39, 0.29) is 18.4 Å². The lowest BCUT2D eigenvalue weighted by Crippen LogP contribution is -2.67. The molecule has 1 heterocycles. The molecular weight excluding hydrogens is 252 g/mol. The minimum absolute atomic E-state index is 0.0490. The first-order valence-corrected chi connectivity index (χ1v) is 7.30. The average molecular weight is 272 g/mol. The minimum atomic E-state index is -0.654. The van der Waals surface area contributed by atoms with Gasteiger partial charge in [-0.2, -0.15) is 0 Å². The van der Waals surface area contributed by atoms with Crippen LogP contribution >= 0.6 is 0 Å². The summed E-state index contributed by atoms with van der Waals surface area (Å²) in [7, 11) is 0. The highest BCUT2D eigenvalue weighted by Gasteiger charge is 2.47. The van der Waals surface area contributed by atoms with Crippen LogP contribution in [0.25, 0.3) is 0 Å². The van der Waals surface area contributed by atoms with E-state index in [2.05, 4.69) is 5.32 Å². The van der Waals surface area contributed by atoms with Gasteiger partial charge in [0.1, 0.15) is 12.1 Å². The minimum Gasteiger partial charge on any atom is -0.340 e. The number of benzene rings is 1. The van der Waals surface area contributed by atoms with Gasteiger partial charge < -0.3 is 10.2 Å². The van der Waals surface area contributed by atoms with Gasteiger partial charge in [0.05, 0.1) is 0 Å². The maximum atomic E-state index is 12.8. The summed E-state index contributed by atoms with van der Waals surface area (Å²) in [5.74, 6) is 0.00716. The summed E-state index contributed by atoms with van der Waals surface area (Å²) in [6, 6.07) is 7.79. The molecule has 2 aliphatic rings. The van der Waals surface area contributed by atoms with Crippen molar-refractivity contribution in [3.63, 3.8) is 0 Å². The second kappa shape index (κ2) is 4.93. The van der Waals surface area contributed by atoms with Crippen molar-refractivity contribution in [2.45, 2.75) is 44.6 Å². The molecule has 1 spiro atoms. The van der Waals surface area contributed by atoms with Gasteiger partial charge in [-0.1, -0.05) is 37.0 Å². The van der Waals surface area contributed by atoms with E-state index in [0.29, 0.717) is 0 Å². The number of hydrogen-bond donors (Lipinski definition) is 1. The third kappa shape index (κ3) is 2.19. The molecule has 0 bridgehead atoms. The summed E-state index contributed by atoms with van der Waals surface area (Å²) in [6.07, 6.45) is 4.69. The number of anilines is 1. The Labute approximate surface area is 119 Å². The topological polar surface area (TPSA) is 49.4 Å². The molecule has 1 N–H and O–H groups in total. The predicted octanol–water partition coefficient (Wildman–Crippen LogP) is 2.16. The van der Waals surface area contributed by atoms with Crippen LogP contribution in [0.5, 0.6) is 0 Å². The normalized spacial score (nSPS) is 21.9. The Hall–Kier alpha value is -1.84. The highest BCUT2D eigenvalue weighted by molar-refractivity contribution is 6.09. The highest BCUT2D eigenvalue weighted by atomic mass is 16.2. The fraction of sp³-hybridized carbons (Fsp3) is 0.500. The van der Waals surface area contributed by atoms with E-state index in [4.69, 9.17) is 0 Å². The first-order chi connectivity index (χ1) is 9.61. The molecule has 0 radical (unpaired) electrons. The van der Waals surface area contributed by atoms with Crippen LogP contribution in [-0.2, 0) is 9.59 Å². The van der Waals surface area contributed by atoms with E-state index >= 15 is 0 Å². The Morgan fingerprint density at radius 3 is 2.35 bits per heavy atom. The number of nitrogens with one attached hydrogen (secondary N) is 1. The first-order valence-electron chi connectivity index (χ1n) is 7.30. The van der Waals surface area contributed by atoms with Gasteiger partial charge in [0.2, 0.25) is 5.91 Å². The monoisotopic (exact) mass is 272 g/mol. The fourth-order valence-corrected chi connectivity index (χ4v) is 3.26. The number of nitrogens with zero attached hydrogens (tertiary/aromatic N) is 1. The number of carbonyl (C=O) groups excluding carboxylic acids is 2. The molecule has 0 aromatic heterocycles. The van der Waals surface area contributed by atoms with Crippen molar-refractivity contribution in [3.05, 3.63) is 29.8 Å². The number of piperazine rings is 1. The van der Waals surface area contributed by atoms with Crippen LogP contribution < -0.4 is 10.2 Å². The molecule has 0 unspecified atom stereocenters. The number of rotatable bonds is 1. The quantitative estimate of drug-likeness (QED) is 0.851. The van der Waals surface area contributed by atoms with Gasteiger partial charge in [-0.15, -0.1) is 0 Å². The molecule has 1 aliphatic heterocycles. The molecule has 1 saturated carbocycles. The van der Waals surface area contributed by atoms with Gasteiger partial charge in [-0.05, 0) is 31.9 Å². The van der Waals surface area contributed by atoms with Crippen LogP contribution in [0.1, 0.15) is 37.7 Å². The average Bonchev–Trinajstić information content (AvgIpc) is 2.45. The van der Waals surface area contributed by atoms with Gasteiger partial charge in [0.15, 0.2) is 0 Å². The standard InChI is InChI=1S/C16H20N2O2/c1-12-5-7-13(8-6-12)18-11-14(19)17-16(15(18)20)9-3-2-4-10-16/h5-8H,2-4,9-11H2,1H3,(H,17,19). The molecule has 1 saturated heterocycles. The molecule has 0 atom stereocenters. The molecule has 106 valence electrons. The molecule has 20 heavy (non-hydrogen) atoms. The number of amides is 2. The van der Waals surface area contributed by atoms with Gasteiger partial charge in [0.25, 0.3) is 5.91 Å². The van der Waals surface area contributed by atoms with E-state index in [1.165, 1.54) is 0 Å². The molecule has 2 fully saturated rings. The van der Waals surface area contributed by atoms with Crippen molar-refractivity contribution in [2.75, 3.05) is 11.4 Å². The van der Waals surface area contributed by atoms with Crippen molar-refractivity contribution in [1.29, 1.82) is 0 Å². The van der Waals surface area contributed by atoms with Crippen LogP contribution in [0, 0.1) is 6.92 Å². The molecule has 3 rings (SSSR count). The van der Waals surface area contributed by atoms with Crippen molar-refractivity contribution in [3.8, 4) is 0 Å². The van der Waals surface area contributed by atoms with Gasteiger partial charge >= 0.3 is 0 Å². The molecule has 1 aromatic carbocycles. The highest BCUT2D eigenvalue weighted by Crippen LogP contribution is 2.33. The van der Waals surface area contributed by atoms with Crippen molar-refractivity contribution >= 4 is 17.5 Å². The van der Waals surface area contributed by atoms with E-state index in [1.807, 2.05) is 31.2 Å². The summed E-state index contributed by atoms with van der Waals surface area (Å²) in [5, 5.41) is 2.96. The Kier molecular flexibility index (Phi) is 3.24. The lowest BCUT2D eigenvalue weighted by Gasteiger charge is -2.44. The van der Waals surface area contributed by atoms with Gasteiger partial charge in [-0.3, -0.25) is 9.59 Å². The second-order valence-corrected chi connectivity index (χ2v) is 5.92. The lowest BCUT2D eigenvalue weighted by molar-refractivity contribution is -0.137. The predicted molar refractivity (Wildman–Crippen MR) is 77.5 cm³/mol. The summed E-state index contributed by atoms with van der Waals surface area (Å²) < 4.78 is 0. The maximum absolute atomic E-state index is 12.8. The Bertz CT molecular complexity index is 530. The van der Waals surface area contributed by atoms with Crippen molar-refractivity contribution in [1.82, 2.24) is 5.32 Å². The number of aryl methyl sites for hydroxylation is 1. The molecule has 4 nitrogen and oxygen atoms in total. The first kappa shape index (κ1) is 13.2. The summed E-state index contributed by atoms with van der Waals surface area (Å²) >= 11 is 0. The van der Waals surface area contributed by atoms with E-state index < -0.39 is 5.54 Å². The molecule has 1 aromatic rings. The Morgan fingerprint density at radius 2 is 1.70 bits per heavy atom. The van der Waals surface area contributed by atoms with Crippen molar-refractivity contribution < 1.29 is 9.59 Å². The van der Waals surface area contributed by atoms with Gasteiger partial charge in [-0.25, -0.2) is 0 Å². The van der Waals surface area contributed by atoms with Crippen molar-refractivity contribution in [2.24, 2.45) is 0 Å². The second-order valence-electron chi connectivity index (χ2n) is 5.92. The van der Waals surface area contributed by atoms with Crippen LogP contribution in [0.15, 0.2) is 24.3 Å². The summed E-state index contributed by atoms with van der Waals surface area (Å²) in [6.45, 7) is 2.14. The summed E-state index contributed by atoms with van der Waals surface area (Å²) in [4.78, 5) is 26.5. The van der Waals surface area contributed by atoms with E-state index in [0.717, 1.165) is 43.4 Å². The third-order valence-electron chi connectivity index (χ3n) is 4.39. The zero-order valence-electron chi connectivity index (χ0n) is 11.8. The largest absolute Gasteiger partial charge is 0.340 e. The van der Waals surface area contributed by atoms with Crippen LogP contribution in [0.3, 0.4) is 0 Å². The summed E-state index contributed by atoms with van der Waals surface area (Å²) in [5.41, 5.74) is 1.31. The zero-order chi connectivity index (χ0) is 14.2. The van der Waals surface area contributed by atoms with E-state index in [1.54, 1.807) is 4.90 Å². The SMILES string of the molecule is Cc1ccc(N2CC(=O)NC3(CCCCC3)C2=O)cc1. The third-order valence-corrected chi connectivity index (χ3v) is 4.39. The molecular formula is C16H20N2O2. The fourth-order valence-electron chi connectivity index (χ4n) is 3.26. The van der Waals surface area contributed by atoms with Gasteiger partial charge in [0, 0.05) is 5.69 Å². The van der Waals surface area contributed by atoms with Crippen LogP contribution in [0.2, 0.25) is 0 Å². The maximum Gasteiger partial charge on any atom is 0.253 e. The van der Waals surface area contributed by atoms with Crippen LogP contribution in [-0.4, -0.2) is 23.9 Å². The number of hydrogen-bond acceptors (Lipinski definition) is 2. The number of carbonyl (C=O) groups is 2. The van der Waals surface area contributed by atoms with Crippen LogP contribution in [0.4, 0.5) is 5.69 Å². The Balaban J connectivity index is 1.92. The smallest absolute Gasteiger partial charge is 0.253 e. The van der Waals surface area contributed by atoms with E-state index in [9.17, 15) is 9.59 Å². The molecule has 1 aliphatic carbocycles. The zero-order valence-corrected chi connectivity index (χ0v) is 11.8. The molecule has 2 amide bonds. The lowest BCUT2D eigenvalue weighted by atomic mass is 9.79. The molecule has 4 heteroatoms. The Morgan fingerprint density at radius 1 is 1.05 bits per heavy atom.